The SMILES string of the molecule is Cc1cc(/C=N\NC(=O)c2cc3cc([N+](=O)[O-])ccc3s2)c(C)n1-c1ccccc1Cl. The molecule has 2 aromatic carbocycles. The molecule has 4 aromatic rings. The van der Waals surface area contributed by atoms with Crippen molar-refractivity contribution in [1.82, 2.24) is 9.99 Å². The minimum atomic E-state index is -0.458. The third-order valence-electron chi connectivity index (χ3n) is 4.87. The van der Waals surface area contributed by atoms with Crippen LogP contribution in [0.4, 0.5) is 5.69 Å². The number of hydrogen-bond donors (Lipinski definition) is 1. The second-order valence-corrected chi connectivity index (χ2v) is 8.39. The summed E-state index contributed by atoms with van der Waals surface area (Å²) in [5.41, 5.74) is 6.18. The number of nitro benzene ring substituents is 1. The van der Waals surface area contributed by atoms with Crippen molar-refractivity contribution < 1.29 is 9.72 Å². The van der Waals surface area contributed by atoms with Crippen LogP contribution in [0.1, 0.15) is 26.6 Å². The van der Waals surface area contributed by atoms with Gasteiger partial charge in [-0.2, -0.15) is 5.10 Å². The van der Waals surface area contributed by atoms with Crippen LogP contribution in [0.15, 0.2) is 59.7 Å². The fourth-order valence-electron chi connectivity index (χ4n) is 3.39. The average Bonchev–Trinajstić information content (AvgIpc) is 3.29. The van der Waals surface area contributed by atoms with E-state index in [9.17, 15) is 14.9 Å². The summed E-state index contributed by atoms with van der Waals surface area (Å²) in [5, 5.41) is 16.3. The monoisotopic (exact) mass is 452 g/mol. The van der Waals surface area contributed by atoms with Gasteiger partial charge in [0.2, 0.25) is 0 Å². The number of thiophene rings is 1. The normalized spacial score (nSPS) is 11.3. The Hall–Kier alpha value is -3.49. The minimum absolute atomic E-state index is 0.0100. The maximum atomic E-state index is 12.5. The molecule has 2 heterocycles. The topological polar surface area (TPSA) is 89.5 Å². The highest BCUT2D eigenvalue weighted by Crippen LogP contribution is 2.29. The number of carbonyl (C=O) groups excluding carboxylic acids is 1. The number of nitro groups is 1. The minimum Gasteiger partial charge on any atom is -0.316 e. The highest BCUT2D eigenvalue weighted by atomic mass is 35.5. The highest BCUT2D eigenvalue weighted by Gasteiger charge is 2.14. The van der Waals surface area contributed by atoms with Crippen LogP contribution in [0.5, 0.6) is 0 Å². The zero-order valence-electron chi connectivity index (χ0n) is 16.6. The molecule has 1 N–H and O–H groups in total. The zero-order chi connectivity index (χ0) is 22.1. The average molecular weight is 453 g/mol. The van der Waals surface area contributed by atoms with Gasteiger partial charge in [0.25, 0.3) is 11.6 Å². The van der Waals surface area contributed by atoms with E-state index in [4.69, 9.17) is 11.6 Å². The lowest BCUT2D eigenvalue weighted by molar-refractivity contribution is -0.384. The van der Waals surface area contributed by atoms with Crippen molar-refractivity contribution in [2.75, 3.05) is 0 Å². The molecule has 0 saturated heterocycles. The van der Waals surface area contributed by atoms with Crippen LogP contribution in [0, 0.1) is 24.0 Å². The fraction of sp³-hybridized carbons (Fsp3) is 0.0909. The van der Waals surface area contributed by atoms with Gasteiger partial charge in [-0.3, -0.25) is 14.9 Å². The van der Waals surface area contributed by atoms with Crippen molar-refractivity contribution in [2.45, 2.75) is 13.8 Å². The van der Waals surface area contributed by atoms with Crippen LogP contribution in [0.3, 0.4) is 0 Å². The van der Waals surface area contributed by atoms with Crippen molar-refractivity contribution >= 4 is 50.8 Å². The first-order chi connectivity index (χ1) is 14.8. The highest BCUT2D eigenvalue weighted by molar-refractivity contribution is 7.20. The summed E-state index contributed by atoms with van der Waals surface area (Å²) in [7, 11) is 0. The Bertz CT molecular complexity index is 1360. The van der Waals surface area contributed by atoms with Gasteiger partial charge in [-0.05, 0) is 44.2 Å². The van der Waals surface area contributed by atoms with Gasteiger partial charge in [0.15, 0.2) is 0 Å². The maximum absolute atomic E-state index is 12.5. The van der Waals surface area contributed by atoms with Gasteiger partial charge in [-0.25, -0.2) is 5.43 Å². The molecule has 0 bridgehead atoms. The predicted octanol–water partition coefficient (Wildman–Crippen LogP) is 5.63. The van der Waals surface area contributed by atoms with E-state index in [2.05, 4.69) is 10.5 Å². The lowest BCUT2D eigenvalue weighted by atomic mass is 10.2. The zero-order valence-corrected chi connectivity index (χ0v) is 18.2. The van der Waals surface area contributed by atoms with E-state index in [0.29, 0.717) is 15.3 Å². The van der Waals surface area contributed by atoms with Crippen molar-refractivity contribution in [1.29, 1.82) is 0 Å². The van der Waals surface area contributed by atoms with E-state index in [-0.39, 0.29) is 11.6 Å². The molecule has 0 fully saturated rings. The Morgan fingerprint density at radius 3 is 2.71 bits per heavy atom. The predicted molar refractivity (Wildman–Crippen MR) is 124 cm³/mol. The van der Waals surface area contributed by atoms with E-state index in [1.54, 1.807) is 18.3 Å². The Labute approximate surface area is 186 Å². The molecule has 0 atom stereocenters. The Morgan fingerprint density at radius 2 is 1.97 bits per heavy atom. The third-order valence-corrected chi connectivity index (χ3v) is 6.30. The van der Waals surface area contributed by atoms with Gasteiger partial charge in [0.1, 0.15) is 0 Å². The molecular formula is C22H17ClN4O3S. The molecule has 0 aliphatic heterocycles. The molecule has 0 aliphatic rings. The molecule has 1 amide bonds. The summed E-state index contributed by atoms with van der Waals surface area (Å²) in [6.45, 7) is 3.93. The van der Waals surface area contributed by atoms with Crippen molar-refractivity contribution in [3.8, 4) is 5.69 Å². The van der Waals surface area contributed by atoms with E-state index in [1.165, 1.54) is 23.5 Å². The van der Waals surface area contributed by atoms with Gasteiger partial charge < -0.3 is 4.57 Å². The summed E-state index contributed by atoms with van der Waals surface area (Å²) in [5.74, 6) is -0.375. The van der Waals surface area contributed by atoms with Gasteiger partial charge in [0.05, 0.1) is 26.7 Å². The molecule has 156 valence electrons. The number of benzene rings is 2. The number of hydrazone groups is 1. The second-order valence-electron chi connectivity index (χ2n) is 6.90. The van der Waals surface area contributed by atoms with E-state index in [1.807, 2.05) is 48.7 Å². The first kappa shape index (κ1) is 20.8. The molecule has 4 rings (SSSR count). The Kier molecular flexibility index (Phi) is 5.58. The quantitative estimate of drug-likeness (QED) is 0.241. The van der Waals surface area contributed by atoms with Crippen molar-refractivity contribution in [3.63, 3.8) is 0 Å². The fourth-order valence-corrected chi connectivity index (χ4v) is 4.55. The number of nitrogens with one attached hydrogen (secondary N) is 1. The van der Waals surface area contributed by atoms with Crippen LogP contribution in [0.25, 0.3) is 15.8 Å². The molecule has 0 saturated carbocycles. The molecule has 0 spiro atoms. The Balaban J connectivity index is 1.53. The first-order valence-corrected chi connectivity index (χ1v) is 10.5. The lowest BCUT2D eigenvalue weighted by Crippen LogP contribution is -2.16. The molecule has 0 unspecified atom stereocenters. The van der Waals surface area contributed by atoms with Gasteiger partial charge in [-0.1, -0.05) is 23.7 Å². The summed E-state index contributed by atoms with van der Waals surface area (Å²) in [4.78, 5) is 23.4. The summed E-state index contributed by atoms with van der Waals surface area (Å²) < 4.78 is 2.83. The number of non-ortho nitro benzene ring substituents is 1. The number of hydrogen-bond acceptors (Lipinski definition) is 5. The Morgan fingerprint density at radius 1 is 1.19 bits per heavy atom. The number of para-hydroxylation sites is 1. The number of amides is 1. The molecule has 31 heavy (non-hydrogen) atoms. The first-order valence-electron chi connectivity index (χ1n) is 9.30. The number of fused-ring (bicyclic) bond motifs is 1. The van der Waals surface area contributed by atoms with Crippen molar-refractivity contribution in [2.24, 2.45) is 5.10 Å². The van der Waals surface area contributed by atoms with Crippen LogP contribution in [0.2, 0.25) is 5.02 Å². The largest absolute Gasteiger partial charge is 0.316 e. The summed E-state index contributed by atoms with van der Waals surface area (Å²) in [6, 6.07) is 15.7. The van der Waals surface area contributed by atoms with Crippen LogP contribution >= 0.6 is 22.9 Å². The number of halogens is 1. The van der Waals surface area contributed by atoms with Crippen LogP contribution in [-0.4, -0.2) is 21.6 Å². The summed E-state index contributed by atoms with van der Waals surface area (Å²) >= 11 is 7.59. The molecular weight excluding hydrogens is 436 g/mol. The molecule has 0 radical (unpaired) electrons. The lowest BCUT2D eigenvalue weighted by Gasteiger charge is -2.11. The smallest absolute Gasteiger partial charge is 0.281 e. The van der Waals surface area contributed by atoms with E-state index < -0.39 is 4.92 Å². The number of rotatable bonds is 5. The standard InChI is InChI=1S/C22H17ClN4O3S/c1-13-9-16(14(2)26(13)19-6-4-3-5-18(19)23)12-24-25-22(28)21-11-15-10-17(27(29)30)7-8-20(15)31-21/h3-12H,1-2H3,(H,25,28)/b24-12-. The van der Waals surface area contributed by atoms with Gasteiger partial charge >= 0.3 is 0 Å². The number of nitrogens with zero attached hydrogens (tertiary/aromatic N) is 3. The number of aryl methyl sites for hydroxylation is 1. The van der Waals surface area contributed by atoms with E-state index in [0.717, 1.165) is 27.3 Å². The van der Waals surface area contributed by atoms with Crippen molar-refractivity contribution in [3.05, 3.63) is 91.6 Å². The van der Waals surface area contributed by atoms with Gasteiger partial charge in [-0.15, -0.1) is 11.3 Å². The number of aromatic nitrogens is 1. The third kappa shape index (κ3) is 4.08. The van der Waals surface area contributed by atoms with Gasteiger partial charge in [0, 0.05) is 39.2 Å². The van der Waals surface area contributed by atoms with Crippen LogP contribution in [-0.2, 0) is 0 Å². The molecule has 9 heteroatoms. The van der Waals surface area contributed by atoms with Crippen LogP contribution < -0.4 is 5.43 Å². The summed E-state index contributed by atoms with van der Waals surface area (Å²) in [6.07, 6.45) is 1.59. The van der Waals surface area contributed by atoms with E-state index >= 15 is 0 Å². The number of carbonyl (C=O) groups is 1. The molecule has 0 aliphatic carbocycles. The maximum Gasteiger partial charge on any atom is 0.281 e. The molecule has 7 nitrogen and oxygen atoms in total. The molecule has 2 aromatic heterocycles. The second kappa shape index (κ2) is 8.33.